The van der Waals surface area contributed by atoms with E-state index >= 15 is 0 Å². The third-order valence-corrected chi connectivity index (χ3v) is 11.9. The number of hydrogen-bond donors (Lipinski definition) is 0. The van der Waals surface area contributed by atoms with Crippen molar-refractivity contribution in [2.45, 2.75) is 0 Å². The van der Waals surface area contributed by atoms with Crippen LogP contribution < -0.4 is 0 Å². The Balaban J connectivity index is 1.17. The maximum Gasteiger partial charge on any atom is 0.164 e. The Bertz CT molecular complexity index is 3170. The van der Waals surface area contributed by atoms with Gasteiger partial charge >= 0.3 is 0 Å². The molecule has 0 radical (unpaired) electrons. The van der Waals surface area contributed by atoms with Crippen molar-refractivity contribution in [2.24, 2.45) is 0 Å². The van der Waals surface area contributed by atoms with Gasteiger partial charge < -0.3 is 4.57 Å². The number of para-hydroxylation sites is 2. The standard InChI is InChI=1S/C51H32N4S/c1-5-16-33(17-6-1)36-28-29-38(44(30-36)51-53-49(34-18-7-2-8-19-34)52-50(54-51)35-20-9-3-10-21-35)40-25-15-26-41-43-31-46-42(32-47(43)56-48(40)41)39-24-13-14-27-45(39)55(46)37-22-11-4-12-23-37/h1-32H. The van der Waals surface area contributed by atoms with Gasteiger partial charge in [-0.3, -0.25) is 0 Å². The van der Waals surface area contributed by atoms with Crippen molar-refractivity contribution < 1.29 is 0 Å². The van der Waals surface area contributed by atoms with E-state index in [9.17, 15) is 0 Å². The van der Waals surface area contributed by atoms with E-state index < -0.39 is 0 Å². The van der Waals surface area contributed by atoms with Crippen LogP contribution in [0.2, 0.25) is 0 Å². The van der Waals surface area contributed by atoms with Gasteiger partial charge in [0.05, 0.1) is 11.0 Å². The van der Waals surface area contributed by atoms with E-state index in [1.165, 1.54) is 42.0 Å². The molecule has 0 atom stereocenters. The van der Waals surface area contributed by atoms with Crippen LogP contribution in [0.1, 0.15) is 0 Å². The Hall–Kier alpha value is -7.21. The Kier molecular flexibility index (Phi) is 7.64. The molecule has 0 aliphatic rings. The lowest BCUT2D eigenvalue weighted by atomic mass is 9.93. The fraction of sp³-hybridized carbons (Fsp3) is 0. The average Bonchev–Trinajstić information content (AvgIpc) is 3.81. The van der Waals surface area contributed by atoms with Gasteiger partial charge in [0, 0.05) is 58.9 Å². The van der Waals surface area contributed by atoms with Gasteiger partial charge in [-0.2, -0.15) is 0 Å². The lowest BCUT2D eigenvalue weighted by Crippen LogP contribution is -2.01. The van der Waals surface area contributed by atoms with Gasteiger partial charge in [0.15, 0.2) is 17.5 Å². The quantitative estimate of drug-likeness (QED) is 0.171. The van der Waals surface area contributed by atoms with Gasteiger partial charge in [-0.1, -0.05) is 158 Å². The van der Waals surface area contributed by atoms with Crippen molar-refractivity contribution in [1.82, 2.24) is 19.5 Å². The molecule has 11 rings (SSSR count). The number of thiophene rings is 1. The average molecular weight is 733 g/mol. The first kappa shape index (κ1) is 32.2. The van der Waals surface area contributed by atoms with Gasteiger partial charge in [0.1, 0.15) is 0 Å². The molecule has 0 aliphatic carbocycles. The molecule has 262 valence electrons. The Labute approximate surface area is 327 Å². The van der Waals surface area contributed by atoms with Gasteiger partial charge in [0.25, 0.3) is 0 Å². The summed E-state index contributed by atoms with van der Waals surface area (Å²) in [5.41, 5.74) is 10.9. The molecule has 0 saturated carbocycles. The molecule has 0 spiro atoms. The summed E-state index contributed by atoms with van der Waals surface area (Å²) in [4.78, 5) is 15.4. The number of aromatic nitrogens is 4. The van der Waals surface area contributed by atoms with E-state index in [2.05, 4.69) is 162 Å². The number of hydrogen-bond acceptors (Lipinski definition) is 4. The van der Waals surface area contributed by atoms with Crippen molar-refractivity contribution in [3.8, 4) is 62.1 Å². The van der Waals surface area contributed by atoms with Crippen LogP contribution in [0.15, 0.2) is 194 Å². The molecule has 4 nitrogen and oxygen atoms in total. The molecule has 0 aliphatic heterocycles. The fourth-order valence-electron chi connectivity index (χ4n) is 8.03. The van der Waals surface area contributed by atoms with Crippen LogP contribution in [-0.4, -0.2) is 19.5 Å². The van der Waals surface area contributed by atoms with Crippen molar-refractivity contribution in [1.29, 1.82) is 0 Å². The summed E-state index contributed by atoms with van der Waals surface area (Å²) in [6, 6.07) is 68.5. The Morgan fingerprint density at radius 1 is 0.339 bits per heavy atom. The molecule has 0 N–H and O–H groups in total. The molecular weight excluding hydrogens is 701 g/mol. The van der Waals surface area contributed by atoms with E-state index in [4.69, 9.17) is 15.0 Å². The summed E-state index contributed by atoms with van der Waals surface area (Å²) in [6.07, 6.45) is 0. The minimum atomic E-state index is 0.637. The monoisotopic (exact) mass is 732 g/mol. The minimum Gasteiger partial charge on any atom is -0.309 e. The maximum atomic E-state index is 5.22. The number of nitrogens with zero attached hydrogens (tertiary/aromatic N) is 4. The van der Waals surface area contributed by atoms with E-state index in [1.54, 1.807) is 0 Å². The number of benzene rings is 8. The van der Waals surface area contributed by atoms with Crippen LogP contribution in [0.5, 0.6) is 0 Å². The highest BCUT2D eigenvalue weighted by Gasteiger charge is 2.21. The summed E-state index contributed by atoms with van der Waals surface area (Å²) in [7, 11) is 0. The molecule has 56 heavy (non-hydrogen) atoms. The summed E-state index contributed by atoms with van der Waals surface area (Å²) in [6.45, 7) is 0. The molecule has 8 aromatic carbocycles. The Morgan fingerprint density at radius 2 is 0.929 bits per heavy atom. The highest BCUT2D eigenvalue weighted by molar-refractivity contribution is 7.26. The molecule has 0 bridgehead atoms. The van der Waals surface area contributed by atoms with Crippen molar-refractivity contribution in [3.63, 3.8) is 0 Å². The zero-order valence-electron chi connectivity index (χ0n) is 30.2. The lowest BCUT2D eigenvalue weighted by Gasteiger charge is -2.14. The van der Waals surface area contributed by atoms with Crippen LogP contribution in [0.25, 0.3) is 104 Å². The maximum absolute atomic E-state index is 5.22. The fourth-order valence-corrected chi connectivity index (χ4v) is 9.28. The summed E-state index contributed by atoms with van der Waals surface area (Å²) in [5.74, 6) is 1.92. The topological polar surface area (TPSA) is 43.6 Å². The minimum absolute atomic E-state index is 0.637. The van der Waals surface area contributed by atoms with Crippen LogP contribution in [0.4, 0.5) is 0 Å². The van der Waals surface area contributed by atoms with E-state index in [0.717, 1.165) is 44.6 Å². The third kappa shape index (κ3) is 5.40. The molecule has 11 aromatic rings. The highest BCUT2D eigenvalue weighted by atomic mass is 32.1. The predicted molar refractivity (Wildman–Crippen MR) is 234 cm³/mol. The van der Waals surface area contributed by atoms with Gasteiger partial charge in [-0.25, -0.2) is 15.0 Å². The Morgan fingerprint density at radius 3 is 1.62 bits per heavy atom. The third-order valence-electron chi connectivity index (χ3n) is 10.7. The first-order valence-electron chi connectivity index (χ1n) is 18.8. The second-order valence-electron chi connectivity index (χ2n) is 14.0. The molecule has 5 heteroatoms. The van der Waals surface area contributed by atoms with Crippen LogP contribution in [0, 0.1) is 0 Å². The molecule has 0 saturated heterocycles. The first-order chi connectivity index (χ1) is 27.8. The molecule has 3 heterocycles. The van der Waals surface area contributed by atoms with Crippen molar-refractivity contribution >= 4 is 53.3 Å². The lowest BCUT2D eigenvalue weighted by molar-refractivity contribution is 1.07. The van der Waals surface area contributed by atoms with Crippen LogP contribution in [-0.2, 0) is 0 Å². The zero-order chi connectivity index (χ0) is 37.0. The molecule has 0 amide bonds. The summed E-state index contributed by atoms with van der Waals surface area (Å²) < 4.78 is 4.89. The van der Waals surface area contributed by atoms with E-state index in [1.807, 2.05) is 47.7 Å². The molecular formula is C51H32N4S. The normalized spacial score (nSPS) is 11.6. The first-order valence-corrected chi connectivity index (χ1v) is 19.6. The van der Waals surface area contributed by atoms with E-state index in [0.29, 0.717) is 17.5 Å². The van der Waals surface area contributed by atoms with Crippen molar-refractivity contribution in [3.05, 3.63) is 194 Å². The second-order valence-corrected chi connectivity index (χ2v) is 15.1. The van der Waals surface area contributed by atoms with Gasteiger partial charge in [-0.05, 0) is 53.1 Å². The van der Waals surface area contributed by atoms with Crippen LogP contribution in [0.3, 0.4) is 0 Å². The number of fused-ring (bicyclic) bond motifs is 6. The molecule has 3 aromatic heterocycles. The largest absolute Gasteiger partial charge is 0.309 e. The second kappa shape index (κ2) is 13.3. The van der Waals surface area contributed by atoms with Gasteiger partial charge in [-0.15, -0.1) is 11.3 Å². The SMILES string of the molecule is c1ccc(-c2ccc(-c3cccc4c3sc3cc5c6ccccc6n(-c6ccccc6)c5cc34)c(-c3nc(-c4ccccc4)nc(-c4ccccc4)n3)c2)cc1. The molecule has 0 unspecified atom stereocenters. The molecule has 0 fully saturated rings. The zero-order valence-corrected chi connectivity index (χ0v) is 31.0. The van der Waals surface area contributed by atoms with Gasteiger partial charge in [0.2, 0.25) is 0 Å². The van der Waals surface area contributed by atoms with Crippen molar-refractivity contribution in [2.75, 3.05) is 0 Å². The summed E-state index contributed by atoms with van der Waals surface area (Å²) >= 11 is 1.85. The smallest absolute Gasteiger partial charge is 0.164 e. The predicted octanol–water partition coefficient (Wildman–Crippen LogP) is 13.7. The number of rotatable bonds is 6. The van der Waals surface area contributed by atoms with E-state index in [-0.39, 0.29) is 0 Å². The van der Waals surface area contributed by atoms with Crippen LogP contribution >= 0.6 is 11.3 Å². The highest BCUT2D eigenvalue weighted by Crippen LogP contribution is 2.46. The summed E-state index contributed by atoms with van der Waals surface area (Å²) in [5, 5.41) is 4.99.